The zero-order chi connectivity index (χ0) is 13.6. The van der Waals surface area contributed by atoms with E-state index in [4.69, 9.17) is 0 Å². The predicted octanol–water partition coefficient (Wildman–Crippen LogP) is 5.23. The predicted molar refractivity (Wildman–Crippen MR) is 85.8 cm³/mol. The Kier molecular flexibility index (Phi) is 5.13. The maximum atomic E-state index is 4.04. The monoisotopic (exact) mass is 271 g/mol. The summed E-state index contributed by atoms with van der Waals surface area (Å²) in [5.74, 6) is 0.855. The van der Waals surface area contributed by atoms with Crippen LogP contribution in [-0.4, -0.2) is 6.04 Å². The molecule has 1 unspecified atom stereocenters. The lowest BCUT2D eigenvalue weighted by Crippen LogP contribution is -2.38. The van der Waals surface area contributed by atoms with Gasteiger partial charge in [-0.1, -0.05) is 68.9 Å². The number of hydrogen-bond acceptors (Lipinski definition) is 1. The average molecular weight is 271 g/mol. The minimum atomic E-state index is 0.597. The number of rotatable bonds is 4. The summed E-state index contributed by atoms with van der Waals surface area (Å²) in [4.78, 5) is 0. The van der Waals surface area contributed by atoms with E-state index in [9.17, 15) is 0 Å². The lowest BCUT2D eigenvalue weighted by molar-refractivity contribution is 0.233. The summed E-state index contributed by atoms with van der Waals surface area (Å²) in [6.07, 6.45) is 14.2. The van der Waals surface area contributed by atoms with Gasteiger partial charge in [0.2, 0.25) is 0 Å². The van der Waals surface area contributed by atoms with Gasteiger partial charge in [0.05, 0.1) is 0 Å². The van der Waals surface area contributed by atoms with Crippen LogP contribution in [0.3, 0.4) is 0 Å². The molecule has 0 aliphatic heterocycles. The van der Waals surface area contributed by atoms with Gasteiger partial charge in [-0.25, -0.2) is 0 Å². The van der Waals surface area contributed by atoms with E-state index in [-0.39, 0.29) is 0 Å². The smallest absolute Gasteiger partial charge is 0.0351 e. The van der Waals surface area contributed by atoms with Gasteiger partial charge < -0.3 is 5.32 Å². The van der Waals surface area contributed by atoms with Crippen LogP contribution in [0.4, 0.5) is 0 Å². The van der Waals surface area contributed by atoms with Gasteiger partial charge in [-0.3, -0.25) is 0 Å². The molecule has 2 aliphatic rings. The standard InChI is InChI=1S/C19H29N/c1-4-10-16(11-5-1)19(17-12-6-2-7-13-17)20-18-14-8-3-9-15-18/h1,4-5,10-11,17-20H,2-3,6-9,12-15H2. The third-order valence-corrected chi connectivity index (χ3v) is 5.30. The Morgan fingerprint density at radius 2 is 1.35 bits per heavy atom. The van der Waals surface area contributed by atoms with Gasteiger partial charge in [0, 0.05) is 12.1 Å². The number of benzene rings is 1. The second-order valence-electron chi connectivity index (χ2n) is 6.79. The first kappa shape index (κ1) is 14.1. The van der Waals surface area contributed by atoms with E-state index in [1.807, 2.05) is 0 Å². The second-order valence-corrected chi connectivity index (χ2v) is 6.79. The SMILES string of the molecule is c1ccc(C(NC2CCCCC2)C2CCCCC2)cc1. The van der Waals surface area contributed by atoms with Gasteiger partial charge >= 0.3 is 0 Å². The highest BCUT2D eigenvalue weighted by Crippen LogP contribution is 2.35. The van der Waals surface area contributed by atoms with Crippen LogP contribution in [0.2, 0.25) is 0 Å². The Labute approximate surface area is 124 Å². The minimum Gasteiger partial charge on any atom is -0.307 e. The van der Waals surface area contributed by atoms with Gasteiger partial charge in [-0.15, -0.1) is 0 Å². The van der Waals surface area contributed by atoms with E-state index < -0.39 is 0 Å². The molecular weight excluding hydrogens is 242 g/mol. The van der Waals surface area contributed by atoms with Crippen molar-refractivity contribution in [2.45, 2.75) is 76.3 Å². The van der Waals surface area contributed by atoms with Crippen molar-refractivity contribution in [1.29, 1.82) is 0 Å². The Morgan fingerprint density at radius 3 is 2.00 bits per heavy atom. The fourth-order valence-corrected chi connectivity index (χ4v) is 4.16. The lowest BCUT2D eigenvalue weighted by Gasteiger charge is -2.35. The van der Waals surface area contributed by atoms with Gasteiger partial charge in [0.1, 0.15) is 0 Å². The molecule has 0 aromatic heterocycles. The van der Waals surface area contributed by atoms with Crippen molar-refractivity contribution in [2.24, 2.45) is 5.92 Å². The van der Waals surface area contributed by atoms with Crippen molar-refractivity contribution in [2.75, 3.05) is 0 Å². The maximum Gasteiger partial charge on any atom is 0.0351 e. The fraction of sp³-hybridized carbons (Fsp3) is 0.684. The van der Waals surface area contributed by atoms with Gasteiger partial charge in [-0.2, -0.15) is 0 Å². The van der Waals surface area contributed by atoms with E-state index in [1.165, 1.54) is 69.8 Å². The molecule has 0 radical (unpaired) electrons. The third kappa shape index (κ3) is 3.63. The summed E-state index contributed by atoms with van der Waals surface area (Å²) in [6.45, 7) is 0. The second kappa shape index (κ2) is 7.26. The van der Waals surface area contributed by atoms with E-state index in [2.05, 4.69) is 35.6 Å². The molecule has 20 heavy (non-hydrogen) atoms. The molecule has 0 saturated heterocycles. The average Bonchev–Trinajstić information content (AvgIpc) is 2.55. The highest BCUT2D eigenvalue weighted by molar-refractivity contribution is 5.20. The highest BCUT2D eigenvalue weighted by Gasteiger charge is 2.27. The van der Waals surface area contributed by atoms with E-state index in [0.717, 1.165) is 12.0 Å². The first-order valence-electron chi connectivity index (χ1n) is 8.74. The Morgan fingerprint density at radius 1 is 0.750 bits per heavy atom. The van der Waals surface area contributed by atoms with Crippen molar-refractivity contribution in [3.8, 4) is 0 Å². The molecule has 3 rings (SSSR count). The van der Waals surface area contributed by atoms with Crippen molar-refractivity contribution in [1.82, 2.24) is 5.32 Å². The van der Waals surface area contributed by atoms with Gasteiger partial charge in [0.25, 0.3) is 0 Å². The minimum absolute atomic E-state index is 0.597. The summed E-state index contributed by atoms with van der Waals surface area (Å²) in [7, 11) is 0. The van der Waals surface area contributed by atoms with E-state index >= 15 is 0 Å². The molecule has 0 amide bonds. The summed E-state index contributed by atoms with van der Waals surface area (Å²) in [6, 6.07) is 12.6. The van der Waals surface area contributed by atoms with Crippen LogP contribution in [0.15, 0.2) is 30.3 Å². The molecule has 2 fully saturated rings. The zero-order valence-corrected chi connectivity index (χ0v) is 12.7. The summed E-state index contributed by atoms with van der Waals surface area (Å²) >= 11 is 0. The molecular formula is C19H29N. The van der Waals surface area contributed by atoms with Crippen LogP contribution >= 0.6 is 0 Å². The summed E-state index contributed by atoms with van der Waals surface area (Å²) in [5, 5.41) is 4.04. The van der Waals surface area contributed by atoms with Gasteiger partial charge in [0.15, 0.2) is 0 Å². The highest BCUT2D eigenvalue weighted by atomic mass is 15.0. The summed E-state index contributed by atoms with van der Waals surface area (Å²) < 4.78 is 0. The molecule has 0 spiro atoms. The first-order chi connectivity index (χ1) is 9.93. The number of hydrogen-bond donors (Lipinski definition) is 1. The Balaban J connectivity index is 1.72. The molecule has 110 valence electrons. The molecule has 1 N–H and O–H groups in total. The van der Waals surface area contributed by atoms with E-state index in [0.29, 0.717) is 6.04 Å². The van der Waals surface area contributed by atoms with Crippen molar-refractivity contribution >= 4 is 0 Å². The molecule has 0 heterocycles. The van der Waals surface area contributed by atoms with Crippen molar-refractivity contribution < 1.29 is 0 Å². The van der Waals surface area contributed by atoms with Gasteiger partial charge in [-0.05, 0) is 37.2 Å². The molecule has 0 bridgehead atoms. The molecule has 1 aromatic carbocycles. The fourth-order valence-electron chi connectivity index (χ4n) is 4.16. The summed E-state index contributed by atoms with van der Waals surface area (Å²) in [5.41, 5.74) is 1.52. The van der Waals surface area contributed by atoms with Crippen molar-refractivity contribution in [3.05, 3.63) is 35.9 Å². The Hall–Kier alpha value is -0.820. The number of nitrogens with one attached hydrogen (secondary N) is 1. The Bertz CT molecular complexity index is 374. The maximum absolute atomic E-state index is 4.04. The van der Waals surface area contributed by atoms with Crippen LogP contribution in [0.25, 0.3) is 0 Å². The van der Waals surface area contributed by atoms with Crippen LogP contribution in [0.1, 0.15) is 75.8 Å². The molecule has 1 heteroatoms. The molecule has 1 nitrogen and oxygen atoms in total. The molecule has 1 aromatic rings. The topological polar surface area (TPSA) is 12.0 Å². The zero-order valence-electron chi connectivity index (χ0n) is 12.7. The van der Waals surface area contributed by atoms with E-state index in [1.54, 1.807) is 0 Å². The quantitative estimate of drug-likeness (QED) is 0.790. The largest absolute Gasteiger partial charge is 0.307 e. The van der Waals surface area contributed by atoms with Crippen LogP contribution in [0, 0.1) is 5.92 Å². The van der Waals surface area contributed by atoms with Crippen LogP contribution < -0.4 is 5.32 Å². The first-order valence-corrected chi connectivity index (χ1v) is 8.74. The van der Waals surface area contributed by atoms with Crippen molar-refractivity contribution in [3.63, 3.8) is 0 Å². The lowest BCUT2D eigenvalue weighted by atomic mass is 9.80. The normalized spacial score (nSPS) is 23.6. The third-order valence-electron chi connectivity index (χ3n) is 5.30. The van der Waals surface area contributed by atoms with Crippen LogP contribution in [0.5, 0.6) is 0 Å². The molecule has 1 atom stereocenters. The molecule has 2 saturated carbocycles. The van der Waals surface area contributed by atoms with Crippen LogP contribution in [-0.2, 0) is 0 Å². The molecule has 2 aliphatic carbocycles.